The summed E-state index contributed by atoms with van der Waals surface area (Å²) in [7, 11) is 0. The van der Waals surface area contributed by atoms with E-state index < -0.39 is 6.61 Å². The minimum Gasteiger partial charge on any atom is -0.435 e. The molecule has 0 fully saturated rings. The van der Waals surface area contributed by atoms with Crippen molar-refractivity contribution in [2.45, 2.75) is 26.0 Å². The Morgan fingerprint density at radius 3 is 2.58 bits per heavy atom. The third-order valence-electron chi connectivity index (χ3n) is 2.30. The first kappa shape index (κ1) is 13.4. The van der Waals surface area contributed by atoms with Gasteiger partial charge in [0.15, 0.2) is 5.82 Å². The summed E-state index contributed by atoms with van der Waals surface area (Å²) in [6.45, 7) is -1.00. The average Bonchev–Trinajstić information content (AvgIpc) is 2.76. The monoisotopic (exact) mass is 269 g/mol. The Morgan fingerprint density at radius 2 is 2.00 bits per heavy atom. The first-order valence-electron chi connectivity index (χ1n) is 5.68. The molecule has 1 aromatic heterocycles. The molecule has 7 heteroatoms. The minimum atomic E-state index is -2.84. The fourth-order valence-corrected chi connectivity index (χ4v) is 1.52. The minimum absolute atomic E-state index is 0.0627. The second-order valence-corrected chi connectivity index (χ2v) is 4.10. The van der Waals surface area contributed by atoms with Gasteiger partial charge < -0.3 is 15.0 Å². The number of nitrogens with zero attached hydrogens (tertiary/aromatic N) is 2. The van der Waals surface area contributed by atoms with E-state index in [1.807, 2.05) is 6.92 Å². The normalized spacial score (nSPS) is 12.7. The molecule has 1 aromatic carbocycles. The van der Waals surface area contributed by atoms with E-state index >= 15 is 0 Å². The largest absolute Gasteiger partial charge is 0.435 e. The molecular weight excluding hydrogens is 256 g/mol. The Hall–Kier alpha value is -2.02. The van der Waals surface area contributed by atoms with Crippen LogP contribution >= 0.6 is 0 Å². The lowest BCUT2D eigenvalue weighted by Crippen LogP contribution is -2.18. The van der Waals surface area contributed by atoms with E-state index in [0.717, 1.165) is 0 Å². The highest BCUT2D eigenvalue weighted by Crippen LogP contribution is 2.22. The van der Waals surface area contributed by atoms with Crippen molar-refractivity contribution in [2.24, 2.45) is 5.73 Å². The molecule has 0 saturated carbocycles. The van der Waals surface area contributed by atoms with Gasteiger partial charge in [-0.25, -0.2) is 0 Å². The average molecular weight is 269 g/mol. The predicted molar refractivity (Wildman–Crippen MR) is 63.7 cm³/mol. The molecule has 102 valence electrons. The number of aromatic nitrogens is 2. The number of hydrogen-bond donors (Lipinski definition) is 1. The molecule has 0 aliphatic carbocycles. The van der Waals surface area contributed by atoms with E-state index in [0.29, 0.717) is 23.7 Å². The summed E-state index contributed by atoms with van der Waals surface area (Å²) in [6, 6.07) is 5.91. The summed E-state index contributed by atoms with van der Waals surface area (Å²) < 4.78 is 33.3. The van der Waals surface area contributed by atoms with Crippen LogP contribution in [0.2, 0.25) is 0 Å². The van der Waals surface area contributed by atoms with Gasteiger partial charge in [-0.2, -0.15) is 13.8 Å². The molecule has 2 rings (SSSR count). The zero-order valence-corrected chi connectivity index (χ0v) is 10.2. The predicted octanol–water partition coefficient (Wildman–Crippen LogP) is 2.23. The molecule has 0 amide bonds. The second-order valence-electron chi connectivity index (χ2n) is 4.10. The van der Waals surface area contributed by atoms with Crippen molar-refractivity contribution in [3.05, 3.63) is 30.1 Å². The molecule has 2 aromatic rings. The smallest absolute Gasteiger partial charge is 0.387 e. The van der Waals surface area contributed by atoms with Crippen LogP contribution in [0, 0.1) is 0 Å². The first-order valence-corrected chi connectivity index (χ1v) is 5.68. The summed E-state index contributed by atoms with van der Waals surface area (Å²) in [5, 5.41) is 3.79. The Bertz CT molecular complexity index is 526. The highest BCUT2D eigenvalue weighted by atomic mass is 19.3. The molecule has 0 bridgehead atoms. The van der Waals surface area contributed by atoms with E-state index in [1.54, 1.807) is 12.1 Å². The molecule has 0 aliphatic heterocycles. The van der Waals surface area contributed by atoms with Gasteiger partial charge in [0.2, 0.25) is 0 Å². The molecule has 1 heterocycles. The third kappa shape index (κ3) is 3.72. The van der Waals surface area contributed by atoms with E-state index in [1.165, 1.54) is 12.1 Å². The number of benzene rings is 1. The number of alkyl halides is 2. The molecule has 0 spiro atoms. The number of nitrogens with two attached hydrogens (primary N) is 1. The van der Waals surface area contributed by atoms with Crippen LogP contribution in [-0.2, 0) is 6.42 Å². The number of rotatable bonds is 5. The van der Waals surface area contributed by atoms with E-state index in [4.69, 9.17) is 10.3 Å². The van der Waals surface area contributed by atoms with Gasteiger partial charge in [0.25, 0.3) is 5.89 Å². The van der Waals surface area contributed by atoms with Crippen LogP contribution in [0.5, 0.6) is 5.75 Å². The third-order valence-corrected chi connectivity index (χ3v) is 2.30. The fraction of sp³-hybridized carbons (Fsp3) is 0.333. The molecule has 2 N–H and O–H groups in total. The Labute approximate surface area is 108 Å². The van der Waals surface area contributed by atoms with Gasteiger partial charge in [0, 0.05) is 18.0 Å². The lowest BCUT2D eigenvalue weighted by molar-refractivity contribution is -0.0498. The maximum atomic E-state index is 12.0. The van der Waals surface area contributed by atoms with Gasteiger partial charge in [0.1, 0.15) is 5.75 Å². The van der Waals surface area contributed by atoms with Crippen molar-refractivity contribution in [1.82, 2.24) is 10.1 Å². The van der Waals surface area contributed by atoms with E-state index in [-0.39, 0.29) is 11.8 Å². The molecule has 1 atom stereocenters. The first-order chi connectivity index (χ1) is 9.04. The van der Waals surface area contributed by atoms with E-state index in [2.05, 4.69) is 14.9 Å². The molecule has 1 unspecified atom stereocenters. The van der Waals surface area contributed by atoms with Crippen molar-refractivity contribution in [3.63, 3.8) is 0 Å². The lowest BCUT2D eigenvalue weighted by atomic mass is 10.2. The van der Waals surface area contributed by atoms with Gasteiger partial charge in [-0.3, -0.25) is 0 Å². The van der Waals surface area contributed by atoms with Crippen LogP contribution in [-0.4, -0.2) is 22.8 Å². The van der Waals surface area contributed by atoms with Crippen LogP contribution in [0.4, 0.5) is 8.78 Å². The summed E-state index contributed by atoms with van der Waals surface area (Å²) in [5.74, 6) is 0.909. The Kier molecular flexibility index (Phi) is 4.06. The van der Waals surface area contributed by atoms with Gasteiger partial charge in [-0.15, -0.1) is 0 Å². The van der Waals surface area contributed by atoms with Crippen LogP contribution in [0.25, 0.3) is 11.5 Å². The van der Waals surface area contributed by atoms with Gasteiger partial charge in [-0.1, -0.05) is 5.16 Å². The summed E-state index contributed by atoms with van der Waals surface area (Å²) in [4.78, 5) is 4.16. The number of hydrogen-bond acceptors (Lipinski definition) is 5. The highest BCUT2D eigenvalue weighted by Gasteiger charge is 2.11. The van der Waals surface area contributed by atoms with Crippen LogP contribution in [0.15, 0.2) is 28.8 Å². The van der Waals surface area contributed by atoms with E-state index in [9.17, 15) is 8.78 Å². The zero-order valence-electron chi connectivity index (χ0n) is 10.2. The summed E-state index contributed by atoms with van der Waals surface area (Å²) >= 11 is 0. The second kappa shape index (κ2) is 5.75. The topological polar surface area (TPSA) is 74.2 Å². The molecule has 0 saturated heterocycles. The van der Waals surface area contributed by atoms with Crippen molar-refractivity contribution in [1.29, 1.82) is 0 Å². The summed E-state index contributed by atoms with van der Waals surface area (Å²) in [6.07, 6.45) is 0.510. The highest BCUT2D eigenvalue weighted by molar-refractivity contribution is 5.54. The van der Waals surface area contributed by atoms with Crippen LogP contribution < -0.4 is 10.5 Å². The van der Waals surface area contributed by atoms with Crippen LogP contribution in [0.3, 0.4) is 0 Å². The standard InChI is InChI=1S/C12H13F2N3O2/c1-7(15)6-10-16-11(19-17-10)8-2-4-9(5-3-8)18-12(13)14/h2-5,7,12H,6,15H2,1H3. The summed E-state index contributed by atoms with van der Waals surface area (Å²) in [5.41, 5.74) is 6.26. The van der Waals surface area contributed by atoms with Crippen LogP contribution in [0.1, 0.15) is 12.7 Å². The SMILES string of the molecule is CC(N)Cc1noc(-c2ccc(OC(F)F)cc2)n1. The van der Waals surface area contributed by atoms with Crippen molar-refractivity contribution in [2.75, 3.05) is 0 Å². The van der Waals surface area contributed by atoms with Crippen molar-refractivity contribution >= 4 is 0 Å². The molecule has 0 radical (unpaired) electrons. The maximum absolute atomic E-state index is 12.0. The Balaban J connectivity index is 2.11. The van der Waals surface area contributed by atoms with Gasteiger partial charge >= 0.3 is 6.61 Å². The maximum Gasteiger partial charge on any atom is 0.387 e. The molecule has 5 nitrogen and oxygen atoms in total. The zero-order chi connectivity index (χ0) is 13.8. The van der Waals surface area contributed by atoms with Gasteiger partial charge in [0.05, 0.1) is 0 Å². The molecule has 0 aliphatic rings. The van der Waals surface area contributed by atoms with Crippen molar-refractivity contribution in [3.8, 4) is 17.2 Å². The van der Waals surface area contributed by atoms with Crippen molar-refractivity contribution < 1.29 is 18.0 Å². The van der Waals surface area contributed by atoms with Gasteiger partial charge in [-0.05, 0) is 31.2 Å². The number of halogens is 2. The molecule has 19 heavy (non-hydrogen) atoms. The number of ether oxygens (including phenoxy) is 1. The fourth-order valence-electron chi connectivity index (χ4n) is 1.52. The quantitative estimate of drug-likeness (QED) is 0.900. The molecular formula is C12H13F2N3O2. The lowest BCUT2D eigenvalue weighted by Gasteiger charge is -2.03. The Morgan fingerprint density at radius 1 is 1.32 bits per heavy atom.